The lowest BCUT2D eigenvalue weighted by molar-refractivity contribution is 0.0213. The Bertz CT molecular complexity index is 285. The number of aromatic nitrogens is 1. The summed E-state index contributed by atoms with van der Waals surface area (Å²) in [5.41, 5.74) is 0.924. The Morgan fingerprint density at radius 1 is 1.47 bits per heavy atom. The second kappa shape index (κ2) is 5.24. The number of nitrogens with zero attached hydrogens (tertiary/aromatic N) is 1. The summed E-state index contributed by atoms with van der Waals surface area (Å²) in [7, 11) is 1.73. The van der Waals surface area contributed by atoms with Crippen LogP contribution < -0.4 is 5.32 Å². The van der Waals surface area contributed by atoms with Crippen molar-refractivity contribution in [1.82, 2.24) is 10.3 Å². The van der Waals surface area contributed by atoms with Gasteiger partial charge in [-0.1, -0.05) is 6.07 Å². The molecule has 0 aliphatic rings. The van der Waals surface area contributed by atoms with Crippen molar-refractivity contribution in [3.8, 4) is 0 Å². The predicted octanol–water partition coefficient (Wildman–Crippen LogP) is 2.16. The molecule has 0 spiro atoms. The maximum absolute atomic E-state index is 5.34. The van der Waals surface area contributed by atoms with Crippen molar-refractivity contribution >= 4 is 0 Å². The van der Waals surface area contributed by atoms with E-state index in [0.29, 0.717) is 0 Å². The summed E-state index contributed by atoms with van der Waals surface area (Å²) in [5, 5.41) is 3.40. The molecule has 1 rings (SSSR count). The molecule has 1 aromatic rings. The highest BCUT2D eigenvalue weighted by Crippen LogP contribution is 2.11. The summed E-state index contributed by atoms with van der Waals surface area (Å²) in [6.07, 6.45) is 1.81. The zero-order valence-electron chi connectivity index (χ0n) is 9.95. The smallest absolute Gasteiger partial charge is 0.0746 e. The SMILES string of the molecule is COC(C)(C)CNC(C)c1ccccn1. The Morgan fingerprint density at radius 3 is 2.73 bits per heavy atom. The monoisotopic (exact) mass is 208 g/mol. The maximum Gasteiger partial charge on any atom is 0.0746 e. The van der Waals surface area contributed by atoms with E-state index in [9.17, 15) is 0 Å². The quantitative estimate of drug-likeness (QED) is 0.805. The first-order chi connectivity index (χ1) is 7.05. The van der Waals surface area contributed by atoms with E-state index in [2.05, 4.69) is 31.1 Å². The van der Waals surface area contributed by atoms with Crippen molar-refractivity contribution in [2.45, 2.75) is 32.4 Å². The Labute approximate surface area is 91.9 Å². The number of rotatable bonds is 5. The number of ether oxygens (including phenoxy) is 1. The minimum Gasteiger partial charge on any atom is -0.377 e. The summed E-state index contributed by atoms with van der Waals surface area (Å²) in [4.78, 5) is 4.30. The fraction of sp³-hybridized carbons (Fsp3) is 0.583. The van der Waals surface area contributed by atoms with Crippen LogP contribution in [0.15, 0.2) is 24.4 Å². The first-order valence-corrected chi connectivity index (χ1v) is 5.24. The van der Waals surface area contributed by atoms with Crippen molar-refractivity contribution in [3.05, 3.63) is 30.1 Å². The molecule has 0 saturated carbocycles. The van der Waals surface area contributed by atoms with E-state index < -0.39 is 0 Å². The normalized spacial score (nSPS) is 13.9. The molecule has 0 aromatic carbocycles. The van der Waals surface area contributed by atoms with Gasteiger partial charge in [0, 0.05) is 25.9 Å². The average molecular weight is 208 g/mol. The number of nitrogens with one attached hydrogen (secondary N) is 1. The number of hydrogen-bond donors (Lipinski definition) is 1. The second-order valence-corrected chi connectivity index (χ2v) is 4.32. The molecule has 1 aromatic heterocycles. The number of hydrogen-bond acceptors (Lipinski definition) is 3. The van der Waals surface area contributed by atoms with Crippen LogP contribution in [0, 0.1) is 0 Å². The van der Waals surface area contributed by atoms with Gasteiger partial charge in [0.05, 0.1) is 11.3 Å². The Balaban J connectivity index is 2.47. The van der Waals surface area contributed by atoms with E-state index in [1.165, 1.54) is 0 Å². The van der Waals surface area contributed by atoms with Crippen LogP contribution in [0.5, 0.6) is 0 Å². The third kappa shape index (κ3) is 3.98. The molecule has 0 radical (unpaired) electrons. The molecule has 3 nitrogen and oxygen atoms in total. The average Bonchev–Trinajstić information content (AvgIpc) is 2.27. The molecular formula is C12H20N2O. The third-order valence-corrected chi connectivity index (χ3v) is 2.52. The summed E-state index contributed by atoms with van der Waals surface area (Å²) in [5.74, 6) is 0. The van der Waals surface area contributed by atoms with Crippen LogP contribution in [0.25, 0.3) is 0 Å². The van der Waals surface area contributed by atoms with Gasteiger partial charge in [-0.3, -0.25) is 4.98 Å². The number of methoxy groups -OCH3 is 1. The van der Waals surface area contributed by atoms with Gasteiger partial charge in [0.2, 0.25) is 0 Å². The molecule has 84 valence electrons. The van der Waals surface area contributed by atoms with Gasteiger partial charge in [0.15, 0.2) is 0 Å². The first-order valence-electron chi connectivity index (χ1n) is 5.24. The van der Waals surface area contributed by atoms with Gasteiger partial charge in [-0.15, -0.1) is 0 Å². The largest absolute Gasteiger partial charge is 0.377 e. The van der Waals surface area contributed by atoms with Gasteiger partial charge < -0.3 is 10.1 Å². The molecule has 0 aliphatic carbocycles. The van der Waals surface area contributed by atoms with E-state index in [4.69, 9.17) is 4.74 Å². The number of pyridine rings is 1. The minimum atomic E-state index is -0.136. The molecule has 1 N–H and O–H groups in total. The topological polar surface area (TPSA) is 34.1 Å². The molecule has 0 bridgehead atoms. The zero-order valence-corrected chi connectivity index (χ0v) is 9.95. The minimum absolute atomic E-state index is 0.136. The van der Waals surface area contributed by atoms with Crippen LogP contribution in [0.4, 0.5) is 0 Å². The maximum atomic E-state index is 5.34. The molecule has 1 unspecified atom stereocenters. The summed E-state index contributed by atoms with van der Waals surface area (Å²) in [6, 6.07) is 6.20. The standard InChI is InChI=1S/C12H20N2O/c1-10(11-7-5-6-8-13-11)14-9-12(2,3)15-4/h5-8,10,14H,9H2,1-4H3. The Kier molecular flexibility index (Phi) is 4.24. The van der Waals surface area contributed by atoms with E-state index in [0.717, 1.165) is 12.2 Å². The van der Waals surface area contributed by atoms with Gasteiger partial charge in [0.1, 0.15) is 0 Å². The summed E-state index contributed by atoms with van der Waals surface area (Å²) in [6.45, 7) is 7.03. The highest BCUT2D eigenvalue weighted by molar-refractivity contribution is 5.07. The predicted molar refractivity (Wildman–Crippen MR) is 61.7 cm³/mol. The van der Waals surface area contributed by atoms with Crippen LogP contribution in [0.1, 0.15) is 32.5 Å². The van der Waals surface area contributed by atoms with Gasteiger partial charge in [0.25, 0.3) is 0 Å². The molecule has 15 heavy (non-hydrogen) atoms. The molecule has 1 heterocycles. The molecule has 0 saturated heterocycles. The summed E-state index contributed by atoms with van der Waals surface area (Å²) >= 11 is 0. The fourth-order valence-corrected chi connectivity index (χ4v) is 1.21. The van der Waals surface area contributed by atoms with E-state index >= 15 is 0 Å². The van der Waals surface area contributed by atoms with Crippen molar-refractivity contribution in [2.75, 3.05) is 13.7 Å². The van der Waals surface area contributed by atoms with Gasteiger partial charge in [-0.25, -0.2) is 0 Å². The van der Waals surface area contributed by atoms with Gasteiger partial charge in [-0.05, 0) is 32.9 Å². The fourth-order valence-electron chi connectivity index (χ4n) is 1.21. The van der Waals surface area contributed by atoms with E-state index in [1.807, 2.05) is 24.4 Å². The van der Waals surface area contributed by atoms with Crippen LogP contribution in [0.3, 0.4) is 0 Å². The Hall–Kier alpha value is -0.930. The second-order valence-electron chi connectivity index (χ2n) is 4.32. The molecule has 3 heteroatoms. The van der Waals surface area contributed by atoms with Crippen LogP contribution >= 0.6 is 0 Å². The highest BCUT2D eigenvalue weighted by atomic mass is 16.5. The van der Waals surface area contributed by atoms with Crippen molar-refractivity contribution < 1.29 is 4.74 Å². The zero-order chi connectivity index (χ0) is 11.3. The third-order valence-electron chi connectivity index (χ3n) is 2.52. The Morgan fingerprint density at radius 2 is 2.20 bits per heavy atom. The lowest BCUT2D eigenvalue weighted by Crippen LogP contribution is -2.38. The van der Waals surface area contributed by atoms with E-state index in [-0.39, 0.29) is 11.6 Å². The lowest BCUT2D eigenvalue weighted by Gasteiger charge is -2.25. The van der Waals surface area contributed by atoms with Crippen molar-refractivity contribution in [1.29, 1.82) is 0 Å². The molecule has 0 fully saturated rings. The molecule has 0 amide bonds. The van der Waals surface area contributed by atoms with Gasteiger partial charge >= 0.3 is 0 Å². The first kappa shape index (κ1) is 12.1. The highest BCUT2D eigenvalue weighted by Gasteiger charge is 2.17. The van der Waals surface area contributed by atoms with Crippen molar-refractivity contribution in [2.24, 2.45) is 0 Å². The van der Waals surface area contributed by atoms with Crippen LogP contribution in [0.2, 0.25) is 0 Å². The lowest BCUT2D eigenvalue weighted by atomic mass is 10.1. The summed E-state index contributed by atoms with van der Waals surface area (Å²) < 4.78 is 5.34. The van der Waals surface area contributed by atoms with E-state index in [1.54, 1.807) is 7.11 Å². The molecular weight excluding hydrogens is 188 g/mol. The van der Waals surface area contributed by atoms with Gasteiger partial charge in [-0.2, -0.15) is 0 Å². The van der Waals surface area contributed by atoms with Crippen LogP contribution in [-0.2, 0) is 4.74 Å². The molecule has 1 atom stereocenters. The molecule has 0 aliphatic heterocycles. The van der Waals surface area contributed by atoms with Crippen LogP contribution in [-0.4, -0.2) is 24.2 Å². The van der Waals surface area contributed by atoms with Crippen molar-refractivity contribution in [3.63, 3.8) is 0 Å².